The Labute approximate surface area is 195 Å². The van der Waals surface area contributed by atoms with Gasteiger partial charge >= 0.3 is 0 Å². The predicted octanol–water partition coefficient (Wildman–Crippen LogP) is 5.06. The van der Waals surface area contributed by atoms with Crippen LogP contribution in [0.5, 0.6) is 0 Å². The van der Waals surface area contributed by atoms with Crippen molar-refractivity contribution in [3.63, 3.8) is 0 Å². The van der Waals surface area contributed by atoms with Crippen molar-refractivity contribution in [3.8, 4) is 0 Å². The number of hydrogen-bond donors (Lipinski definition) is 3. The molecular formula is C22H25Cl2N7O. The number of hydrogen-bond acceptors (Lipinski definition) is 6. The van der Waals surface area contributed by atoms with Crippen LogP contribution >= 0.6 is 23.2 Å². The average Bonchev–Trinajstić information content (AvgIpc) is 3.11. The van der Waals surface area contributed by atoms with Crippen molar-refractivity contribution in [2.45, 2.75) is 57.0 Å². The third-order valence-electron chi connectivity index (χ3n) is 6.53. The number of benzene rings is 1. The van der Waals surface area contributed by atoms with Crippen molar-refractivity contribution in [3.05, 3.63) is 34.4 Å². The van der Waals surface area contributed by atoms with E-state index in [9.17, 15) is 4.79 Å². The molecule has 2 heterocycles. The van der Waals surface area contributed by atoms with Crippen LogP contribution in [0, 0.1) is 5.92 Å². The van der Waals surface area contributed by atoms with E-state index in [-0.39, 0.29) is 17.9 Å². The second kappa shape index (κ2) is 8.75. The fraction of sp³-hybridized carbons (Fsp3) is 0.455. The summed E-state index contributed by atoms with van der Waals surface area (Å²) in [5.41, 5.74) is 7.57. The normalized spacial score (nSPS) is 21.3. The number of fused-ring (bicyclic) bond motifs is 1. The topological polar surface area (TPSA) is 111 Å². The minimum absolute atomic E-state index is 0.0825. The lowest BCUT2D eigenvalue weighted by Crippen LogP contribution is -2.29. The summed E-state index contributed by atoms with van der Waals surface area (Å²) in [7, 11) is 0. The van der Waals surface area contributed by atoms with E-state index in [0.29, 0.717) is 39.2 Å². The van der Waals surface area contributed by atoms with Gasteiger partial charge in [0.15, 0.2) is 5.65 Å². The van der Waals surface area contributed by atoms with E-state index in [1.165, 1.54) is 6.42 Å². The summed E-state index contributed by atoms with van der Waals surface area (Å²) in [4.78, 5) is 25.7. The molecule has 0 aliphatic heterocycles. The van der Waals surface area contributed by atoms with Gasteiger partial charge in [-0.05, 0) is 57.1 Å². The van der Waals surface area contributed by atoms with Gasteiger partial charge in [0.05, 0.1) is 21.9 Å². The number of aromatic nitrogens is 4. The first kappa shape index (κ1) is 21.3. The van der Waals surface area contributed by atoms with Gasteiger partial charge in [-0.3, -0.25) is 9.36 Å². The van der Waals surface area contributed by atoms with Crippen LogP contribution < -0.4 is 16.4 Å². The molecule has 3 aromatic rings. The quantitative estimate of drug-likeness (QED) is 0.461. The molecule has 168 valence electrons. The molecule has 0 saturated heterocycles. The van der Waals surface area contributed by atoms with Crippen LogP contribution in [-0.2, 0) is 4.79 Å². The number of nitrogens with zero attached hydrogens (tertiary/aromatic N) is 4. The largest absolute Gasteiger partial charge is 0.369 e. The lowest BCUT2D eigenvalue weighted by atomic mass is 9.85. The van der Waals surface area contributed by atoms with E-state index >= 15 is 0 Å². The molecule has 1 amide bonds. The monoisotopic (exact) mass is 473 g/mol. The number of nitrogens with two attached hydrogens (primary N) is 1. The lowest BCUT2D eigenvalue weighted by Gasteiger charge is -2.29. The van der Waals surface area contributed by atoms with Gasteiger partial charge in [-0.2, -0.15) is 4.98 Å². The Morgan fingerprint density at radius 2 is 1.78 bits per heavy atom. The van der Waals surface area contributed by atoms with Gasteiger partial charge < -0.3 is 16.4 Å². The highest BCUT2D eigenvalue weighted by atomic mass is 35.5. The maximum atomic E-state index is 11.7. The van der Waals surface area contributed by atoms with Gasteiger partial charge in [-0.15, -0.1) is 0 Å². The highest BCUT2D eigenvalue weighted by Crippen LogP contribution is 2.39. The van der Waals surface area contributed by atoms with Crippen LogP contribution in [0.2, 0.25) is 10.0 Å². The van der Waals surface area contributed by atoms with Crippen molar-refractivity contribution in [1.82, 2.24) is 19.5 Å². The zero-order valence-corrected chi connectivity index (χ0v) is 19.0. The molecule has 0 radical (unpaired) electrons. The van der Waals surface area contributed by atoms with Crippen molar-refractivity contribution in [1.29, 1.82) is 0 Å². The number of primary amides is 1. The number of halogens is 2. The molecule has 10 heteroatoms. The number of rotatable bonds is 6. The van der Waals surface area contributed by atoms with E-state index in [2.05, 4.69) is 20.2 Å². The van der Waals surface area contributed by atoms with Crippen LogP contribution in [0.15, 0.2) is 24.4 Å². The third kappa shape index (κ3) is 4.09. The minimum Gasteiger partial charge on any atom is -0.369 e. The molecule has 1 aromatic carbocycles. The van der Waals surface area contributed by atoms with Gasteiger partial charge in [0.1, 0.15) is 5.52 Å². The number of nitrogens with one attached hydrogen (secondary N) is 2. The van der Waals surface area contributed by atoms with Crippen LogP contribution in [0.25, 0.3) is 11.2 Å². The molecular weight excluding hydrogens is 449 g/mol. The smallest absolute Gasteiger partial charge is 0.224 e. The Balaban J connectivity index is 1.54. The summed E-state index contributed by atoms with van der Waals surface area (Å²) >= 11 is 12.8. The van der Waals surface area contributed by atoms with E-state index in [1.54, 1.807) is 24.4 Å². The van der Waals surface area contributed by atoms with Gasteiger partial charge in [0, 0.05) is 18.0 Å². The SMILES string of the molecule is NC(=O)C1CCC(n2c(Nc3c(Cl)cccc3Cl)nc3cnc(NC4CCC4)nc32)CC1. The maximum Gasteiger partial charge on any atom is 0.224 e. The first-order valence-electron chi connectivity index (χ1n) is 11.0. The molecule has 5 rings (SSSR count). The maximum absolute atomic E-state index is 11.7. The molecule has 2 aliphatic rings. The van der Waals surface area contributed by atoms with Crippen molar-refractivity contribution < 1.29 is 4.79 Å². The van der Waals surface area contributed by atoms with E-state index < -0.39 is 0 Å². The predicted molar refractivity (Wildman–Crippen MR) is 127 cm³/mol. The van der Waals surface area contributed by atoms with Crippen molar-refractivity contribution >= 4 is 57.9 Å². The van der Waals surface area contributed by atoms with Gasteiger partial charge in [0.25, 0.3) is 0 Å². The fourth-order valence-corrected chi connectivity index (χ4v) is 4.97. The Hall–Kier alpha value is -2.58. The Morgan fingerprint density at radius 3 is 2.41 bits per heavy atom. The number of anilines is 3. The molecule has 2 aliphatic carbocycles. The van der Waals surface area contributed by atoms with Crippen LogP contribution in [0.1, 0.15) is 51.0 Å². The molecule has 4 N–H and O–H groups in total. The zero-order chi connectivity index (χ0) is 22.2. The molecule has 0 atom stereocenters. The summed E-state index contributed by atoms with van der Waals surface area (Å²) < 4.78 is 2.10. The zero-order valence-electron chi connectivity index (χ0n) is 17.5. The third-order valence-corrected chi connectivity index (χ3v) is 7.16. The Kier molecular flexibility index (Phi) is 5.82. The number of amides is 1. The van der Waals surface area contributed by atoms with E-state index in [4.69, 9.17) is 38.9 Å². The lowest BCUT2D eigenvalue weighted by molar-refractivity contribution is -0.122. The first-order chi connectivity index (χ1) is 15.5. The van der Waals surface area contributed by atoms with Crippen LogP contribution in [0.4, 0.5) is 17.6 Å². The number of carbonyl (C=O) groups is 1. The van der Waals surface area contributed by atoms with Crippen LogP contribution in [-0.4, -0.2) is 31.5 Å². The molecule has 2 saturated carbocycles. The second-order valence-corrected chi connectivity index (χ2v) is 9.42. The molecule has 0 bridgehead atoms. The average molecular weight is 474 g/mol. The Morgan fingerprint density at radius 1 is 1.06 bits per heavy atom. The van der Waals surface area contributed by atoms with Crippen molar-refractivity contribution in [2.24, 2.45) is 11.7 Å². The molecule has 2 fully saturated rings. The molecule has 2 aromatic heterocycles. The number of imidazole rings is 1. The summed E-state index contributed by atoms with van der Waals surface area (Å²) in [6, 6.07) is 5.90. The number of carbonyl (C=O) groups excluding carboxylic acids is 1. The standard InChI is InChI=1S/C22H25Cl2N7O/c23-15-5-2-6-16(24)18(15)29-22-28-17-11-26-21(27-13-3-1-4-13)30-20(17)31(22)14-9-7-12(8-10-14)19(25)32/h2,5-6,11-14H,1,3-4,7-10H2,(H2,25,32)(H,28,29)(H,26,27,30). The van der Waals surface area contributed by atoms with E-state index in [1.807, 2.05) is 0 Å². The first-order valence-corrected chi connectivity index (χ1v) is 11.8. The Bertz CT molecular complexity index is 1130. The summed E-state index contributed by atoms with van der Waals surface area (Å²) in [5, 5.41) is 7.75. The van der Waals surface area contributed by atoms with E-state index in [0.717, 1.165) is 44.2 Å². The highest BCUT2D eigenvalue weighted by molar-refractivity contribution is 6.39. The minimum atomic E-state index is -0.227. The van der Waals surface area contributed by atoms with Gasteiger partial charge in [-0.1, -0.05) is 29.3 Å². The van der Waals surface area contributed by atoms with Gasteiger partial charge in [0.2, 0.25) is 17.8 Å². The van der Waals surface area contributed by atoms with Crippen LogP contribution in [0.3, 0.4) is 0 Å². The molecule has 32 heavy (non-hydrogen) atoms. The summed E-state index contributed by atoms with van der Waals surface area (Å²) in [5.74, 6) is 0.902. The number of para-hydroxylation sites is 1. The molecule has 0 unspecified atom stereocenters. The molecule has 0 spiro atoms. The summed E-state index contributed by atoms with van der Waals surface area (Å²) in [6.07, 6.45) is 8.33. The molecule has 8 nitrogen and oxygen atoms in total. The fourth-order valence-electron chi connectivity index (χ4n) is 4.48. The van der Waals surface area contributed by atoms with Crippen molar-refractivity contribution in [2.75, 3.05) is 10.6 Å². The highest BCUT2D eigenvalue weighted by Gasteiger charge is 2.29. The summed E-state index contributed by atoms with van der Waals surface area (Å²) in [6.45, 7) is 0. The van der Waals surface area contributed by atoms with Gasteiger partial charge in [-0.25, -0.2) is 9.97 Å². The second-order valence-electron chi connectivity index (χ2n) is 8.61.